The van der Waals surface area contributed by atoms with Gasteiger partial charge in [0.25, 0.3) is 0 Å². The molecule has 0 saturated carbocycles. The molecular formula is C43H60BrF3O7SZn. The van der Waals surface area contributed by atoms with Crippen molar-refractivity contribution in [1.82, 2.24) is 0 Å². The molecule has 0 spiro atoms. The quantitative estimate of drug-likeness (QED) is 0.0690. The van der Waals surface area contributed by atoms with Crippen molar-refractivity contribution in [1.29, 1.82) is 0 Å². The number of ether oxygens (including phenoxy) is 4. The Bertz CT molecular complexity index is 1720. The molecule has 0 aromatic heterocycles. The topological polar surface area (TPSA) is 80.3 Å². The zero-order chi connectivity index (χ0) is 43.0. The third-order valence-electron chi connectivity index (χ3n) is 9.58. The summed E-state index contributed by atoms with van der Waals surface area (Å²) in [4.78, 5) is 0. The van der Waals surface area contributed by atoms with E-state index in [1.807, 2.05) is 20.8 Å². The Hall–Kier alpha value is -2.76. The molecule has 0 aliphatic heterocycles. The van der Waals surface area contributed by atoms with Crippen LogP contribution in [0.15, 0.2) is 71.9 Å². The predicted octanol–water partition coefficient (Wildman–Crippen LogP) is 12.7. The first kappa shape index (κ1) is 51.3. The van der Waals surface area contributed by atoms with Gasteiger partial charge in [-0.15, -0.1) is 0 Å². The van der Waals surface area contributed by atoms with E-state index >= 15 is 0 Å². The van der Waals surface area contributed by atoms with E-state index in [0.717, 1.165) is 79.7 Å². The second-order valence-corrected chi connectivity index (χ2v) is 15.5. The molecule has 0 N–H and O–H groups in total. The predicted molar refractivity (Wildman–Crippen MR) is 221 cm³/mol. The van der Waals surface area contributed by atoms with Gasteiger partial charge in [-0.3, -0.25) is 0 Å². The molecule has 2 aliphatic rings. The molecule has 0 heterocycles. The van der Waals surface area contributed by atoms with Gasteiger partial charge in [0.1, 0.15) is 28.7 Å². The van der Waals surface area contributed by atoms with Crippen LogP contribution in [-0.4, -0.2) is 42.4 Å². The maximum atomic E-state index is 12.6. The van der Waals surface area contributed by atoms with E-state index in [1.54, 1.807) is 14.2 Å². The van der Waals surface area contributed by atoms with E-state index in [9.17, 15) is 21.6 Å². The number of allylic oxidation sites excluding steroid dienone is 6. The minimum absolute atomic E-state index is 0.0807. The molecule has 56 heavy (non-hydrogen) atoms. The number of hydrogen-bond acceptors (Lipinski definition) is 7. The number of alkyl halides is 3. The molecule has 7 nitrogen and oxygen atoms in total. The summed E-state index contributed by atoms with van der Waals surface area (Å²) < 4.78 is 87.1. The molecule has 4 rings (SSSR count). The molecule has 0 radical (unpaired) electrons. The Labute approximate surface area is 351 Å². The normalized spacial score (nSPS) is 19.2. The number of aryl methyl sites for hydroxylation is 1. The van der Waals surface area contributed by atoms with Gasteiger partial charge in [0.15, 0.2) is 0 Å². The molecule has 0 saturated heterocycles. The van der Waals surface area contributed by atoms with E-state index < -0.39 is 21.4 Å². The van der Waals surface area contributed by atoms with Gasteiger partial charge < -0.3 is 30.1 Å². The first-order chi connectivity index (χ1) is 26.3. The molecule has 2 aliphatic carbocycles. The van der Waals surface area contributed by atoms with Crippen molar-refractivity contribution >= 4 is 23.7 Å². The summed E-state index contributed by atoms with van der Waals surface area (Å²) in [5.74, 6) is 2.31. The van der Waals surface area contributed by atoms with Crippen molar-refractivity contribution in [3.05, 3.63) is 95.5 Å². The SMILES string of the molecule is C=C(C)[C@@H]1CCC(C)=C[C@H]1c1c(OC)cc(CCC)cc1OC.C=C(C)[C@@H]1CCC(C)=C[C@H]1c1c(OC)cc(OS(=O)(=O)C(F)(F)F)cc1OC.[CH2-]CC.[Zn+][Br]. The molecule has 0 amide bonds. The van der Waals surface area contributed by atoms with Crippen LogP contribution in [-0.2, 0) is 32.9 Å². The van der Waals surface area contributed by atoms with Crippen LogP contribution in [0.2, 0.25) is 0 Å². The summed E-state index contributed by atoms with van der Waals surface area (Å²) >= 11 is 4.25. The van der Waals surface area contributed by atoms with Gasteiger partial charge in [0.2, 0.25) is 0 Å². The Morgan fingerprint density at radius 3 is 1.41 bits per heavy atom. The van der Waals surface area contributed by atoms with Crippen LogP contribution < -0.4 is 23.1 Å². The van der Waals surface area contributed by atoms with Crippen LogP contribution in [0.4, 0.5) is 13.2 Å². The summed E-state index contributed by atoms with van der Waals surface area (Å²) in [5, 5.41) is 0. The van der Waals surface area contributed by atoms with E-state index in [4.69, 9.17) is 18.9 Å². The van der Waals surface area contributed by atoms with E-state index in [2.05, 4.69) is 82.9 Å². The zero-order valence-electron chi connectivity index (χ0n) is 34.8. The molecule has 0 unspecified atom stereocenters. The molecule has 2 aromatic rings. The number of benzene rings is 2. The van der Waals surface area contributed by atoms with Crippen LogP contribution >= 0.6 is 13.6 Å². The average molecular weight is 923 g/mol. The fourth-order valence-electron chi connectivity index (χ4n) is 7.03. The van der Waals surface area contributed by atoms with Crippen LogP contribution in [0.3, 0.4) is 0 Å². The summed E-state index contributed by atoms with van der Waals surface area (Å²) in [6.45, 7) is 24.2. The van der Waals surface area contributed by atoms with Gasteiger partial charge in [-0.2, -0.15) is 28.0 Å². The molecule has 310 valence electrons. The van der Waals surface area contributed by atoms with Crippen molar-refractivity contribution in [3.8, 4) is 28.7 Å². The van der Waals surface area contributed by atoms with Crippen molar-refractivity contribution in [2.24, 2.45) is 11.8 Å². The standard InChI is InChI=1S/C21H30O2.C19H23F3O5S.C3H7.BrH.Zn/c1-7-8-16-12-19(22-5)21(20(13-16)23-6)18-11-15(4)9-10-17(18)14(2)3;1-11(2)14-7-6-12(3)8-15(14)18-16(25-4)9-13(10-17(18)26-5)27-28(23,24)19(20,21)22;1-3-2;;/h11-13,17-18H,2,7-10H2,1,3-6H3;8-10,14-15H,1,6-7H2,2-5H3;1,3H2,2H3;1H;/q;;-1;;+2/p-1/t17-,18+;14-,15+;;;/m00.../s1. The summed E-state index contributed by atoms with van der Waals surface area (Å²) in [6, 6.07) is 6.59. The molecule has 13 heteroatoms. The number of rotatable bonds is 12. The zero-order valence-corrected chi connectivity index (χ0v) is 40.2. The first-order valence-electron chi connectivity index (χ1n) is 18.6. The molecule has 0 bridgehead atoms. The van der Waals surface area contributed by atoms with Gasteiger partial charge in [-0.05, 0) is 89.3 Å². The van der Waals surface area contributed by atoms with Crippen molar-refractivity contribution in [2.45, 2.75) is 104 Å². The van der Waals surface area contributed by atoms with Crippen LogP contribution in [0.25, 0.3) is 0 Å². The fourth-order valence-corrected chi connectivity index (χ4v) is 7.48. The second kappa shape index (κ2) is 24.2. The number of methoxy groups -OCH3 is 4. The van der Waals surface area contributed by atoms with Crippen molar-refractivity contribution < 1.29 is 61.1 Å². The number of hydrogen-bond donors (Lipinski definition) is 0. The van der Waals surface area contributed by atoms with Crippen LogP contribution in [0.5, 0.6) is 28.7 Å². The third kappa shape index (κ3) is 14.0. The third-order valence-corrected chi connectivity index (χ3v) is 10.6. The molecule has 0 fully saturated rings. The van der Waals surface area contributed by atoms with E-state index in [1.165, 1.54) is 52.8 Å². The van der Waals surface area contributed by atoms with Gasteiger partial charge in [0.05, 0.1) is 28.4 Å². The van der Waals surface area contributed by atoms with Gasteiger partial charge >= 0.3 is 45.6 Å². The molecule has 4 atom stereocenters. The molecule has 2 aromatic carbocycles. The van der Waals surface area contributed by atoms with Crippen LogP contribution in [0.1, 0.15) is 109 Å². The summed E-state index contributed by atoms with van der Waals surface area (Å²) in [6.07, 6.45) is 11.6. The van der Waals surface area contributed by atoms with Gasteiger partial charge in [-0.1, -0.05) is 67.9 Å². The Morgan fingerprint density at radius 1 is 0.786 bits per heavy atom. The van der Waals surface area contributed by atoms with Crippen molar-refractivity contribution in [2.75, 3.05) is 28.4 Å². The van der Waals surface area contributed by atoms with Gasteiger partial charge in [-0.25, -0.2) is 0 Å². The number of halogens is 4. The Morgan fingerprint density at radius 2 is 1.12 bits per heavy atom. The minimum atomic E-state index is -5.81. The van der Waals surface area contributed by atoms with E-state index in [-0.39, 0.29) is 29.3 Å². The van der Waals surface area contributed by atoms with Crippen LogP contribution in [0, 0.1) is 18.8 Å². The Kier molecular flexibility index (Phi) is 22.2. The first-order valence-corrected chi connectivity index (χ1v) is 26.9. The summed E-state index contributed by atoms with van der Waals surface area (Å²) in [5.41, 5.74) is 2.30. The van der Waals surface area contributed by atoms with Gasteiger partial charge in [0, 0.05) is 35.1 Å². The molecular weight excluding hydrogens is 863 g/mol. The fraction of sp³-hybridized carbons (Fsp3) is 0.512. The monoisotopic (exact) mass is 920 g/mol. The summed E-state index contributed by atoms with van der Waals surface area (Å²) in [7, 11) is 0.383. The Balaban J connectivity index is 0.000000509. The van der Waals surface area contributed by atoms with Crippen molar-refractivity contribution in [3.63, 3.8) is 0 Å². The maximum absolute atomic E-state index is 12.6. The average Bonchev–Trinajstić information content (AvgIpc) is 3.14. The van der Waals surface area contributed by atoms with E-state index in [0.29, 0.717) is 11.5 Å². The second-order valence-electron chi connectivity index (χ2n) is 13.9.